The van der Waals surface area contributed by atoms with E-state index >= 15 is 0 Å². The highest BCUT2D eigenvalue weighted by Crippen LogP contribution is 2.22. The van der Waals surface area contributed by atoms with E-state index in [1.165, 1.54) is 0 Å². The molecule has 0 aromatic carbocycles. The number of carbonyl (C=O) groups excluding carboxylic acids is 1. The van der Waals surface area contributed by atoms with E-state index in [-0.39, 0.29) is 16.9 Å². The molecule has 1 amide bonds. The van der Waals surface area contributed by atoms with Crippen LogP contribution in [-0.2, 0) is 10.3 Å². The van der Waals surface area contributed by atoms with Crippen molar-refractivity contribution in [1.29, 1.82) is 0 Å². The Balaban J connectivity index is 2.71. The summed E-state index contributed by atoms with van der Waals surface area (Å²) in [7, 11) is 0. The monoisotopic (exact) mass is 234 g/mol. The Morgan fingerprint density at radius 3 is 2.18 bits per heavy atom. The van der Waals surface area contributed by atoms with Gasteiger partial charge in [-0.1, -0.05) is 20.8 Å². The van der Waals surface area contributed by atoms with Gasteiger partial charge in [0.15, 0.2) is 0 Å². The number of nitrogens with one attached hydrogen (secondary N) is 1. The minimum Gasteiger partial charge on any atom is -0.347 e. The molecule has 3 heteroatoms. The third-order valence-electron chi connectivity index (χ3n) is 2.54. The lowest BCUT2D eigenvalue weighted by molar-refractivity contribution is -0.124. The second-order valence-corrected chi connectivity index (χ2v) is 6.15. The molecule has 0 aliphatic carbocycles. The van der Waals surface area contributed by atoms with Crippen molar-refractivity contribution in [2.45, 2.75) is 46.6 Å². The van der Waals surface area contributed by atoms with Crippen LogP contribution in [0.5, 0.6) is 0 Å². The molecule has 0 radical (unpaired) electrons. The molecule has 94 valence electrons. The van der Waals surface area contributed by atoms with Crippen LogP contribution in [0.25, 0.3) is 0 Å². The van der Waals surface area contributed by atoms with Crippen molar-refractivity contribution < 1.29 is 4.79 Å². The minimum absolute atomic E-state index is 0.0123. The number of amides is 1. The van der Waals surface area contributed by atoms with Crippen molar-refractivity contribution in [3.8, 4) is 0 Å². The number of hydrogen-bond donors (Lipinski definition) is 1. The van der Waals surface area contributed by atoms with Crippen LogP contribution < -0.4 is 5.32 Å². The summed E-state index contributed by atoms with van der Waals surface area (Å²) < 4.78 is 0. The molecule has 0 spiro atoms. The smallest absolute Gasteiger partial charge is 0.221 e. The van der Waals surface area contributed by atoms with Crippen molar-refractivity contribution in [3.05, 3.63) is 30.1 Å². The van der Waals surface area contributed by atoms with Crippen LogP contribution in [0.15, 0.2) is 24.5 Å². The van der Waals surface area contributed by atoms with Gasteiger partial charge >= 0.3 is 0 Å². The maximum Gasteiger partial charge on any atom is 0.221 e. The minimum atomic E-state index is -0.356. The predicted molar refractivity (Wildman–Crippen MR) is 69.5 cm³/mol. The summed E-state index contributed by atoms with van der Waals surface area (Å²) in [6.07, 6.45) is 4.02. The normalized spacial score (nSPS) is 12.3. The van der Waals surface area contributed by atoms with Gasteiger partial charge in [-0.2, -0.15) is 0 Å². The van der Waals surface area contributed by atoms with E-state index in [1.54, 1.807) is 12.4 Å². The number of hydrogen-bond acceptors (Lipinski definition) is 2. The van der Waals surface area contributed by atoms with Crippen LogP contribution in [-0.4, -0.2) is 10.9 Å². The fraction of sp³-hybridized carbons (Fsp3) is 0.571. The highest BCUT2D eigenvalue weighted by atomic mass is 16.1. The van der Waals surface area contributed by atoms with Gasteiger partial charge in [0.2, 0.25) is 5.91 Å². The molecule has 0 unspecified atom stereocenters. The zero-order valence-electron chi connectivity index (χ0n) is 11.4. The first kappa shape index (κ1) is 13.7. The Hall–Kier alpha value is -1.38. The van der Waals surface area contributed by atoms with E-state index in [0.29, 0.717) is 6.42 Å². The molecule has 0 atom stereocenters. The Kier molecular flexibility index (Phi) is 3.91. The molecular weight excluding hydrogens is 212 g/mol. The molecule has 1 aromatic rings. The maximum atomic E-state index is 11.9. The number of carbonyl (C=O) groups is 1. The van der Waals surface area contributed by atoms with Crippen LogP contribution in [0.4, 0.5) is 0 Å². The van der Waals surface area contributed by atoms with Gasteiger partial charge in [0.1, 0.15) is 0 Å². The second kappa shape index (κ2) is 4.86. The standard InChI is InChI=1S/C14H22N2O/c1-13(2,3)10-12(17)16-14(4,5)11-6-8-15-9-7-11/h6-9H,10H2,1-5H3,(H,16,17). The number of pyridine rings is 1. The largest absolute Gasteiger partial charge is 0.347 e. The van der Waals surface area contributed by atoms with Crippen molar-refractivity contribution in [2.75, 3.05) is 0 Å². The lowest BCUT2D eigenvalue weighted by atomic mass is 9.90. The Labute approximate surface area is 104 Å². The summed E-state index contributed by atoms with van der Waals surface area (Å²) in [4.78, 5) is 15.9. The highest BCUT2D eigenvalue weighted by Gasteiger charge is 2.25. The summed E-state index contributed by atoms with van der Waals surface area (Å²) in [6, 6.07) is 3.86. The molecule has 1 N–H and O–H groups in total. The molecule has 0 saturated heterocycles. The SMILES string of the molecule is CC(C)(C)CC(=O)NC(C)(C)c1ccncc1. The lowest BCUT2D eigenvalue weighted by Gasteiger charge is -2.28. The van der Waals surface area contributed by atoms with Crippen LogP contribution in [0.3, 0.4) is 0 Å². The molecule has 1 aromatic heterocycles. The van der Waals surface area contributed by atoms with Gasteiger partial charge in [-0.05, 0) is 37.0 Å². The van der Waals surface area contributed by atoms with Gasteiger partial charge in [0.25, 0.3) is 0 Å². The first-order chi connectivity index (χ1) is 7.71. The average Bonchev–Trinajstić information content (AvgIpc) is 2.15. The van der Waals surface area contributed by atoms with Gasteiger partial charge in [-0.25, -0.2) is 0 Å². The molecule has 0 aliphatic rings. The topological polar surface area (TPSA) is 42.0 Å². The molecular formula is C14H22N2O. The molecule has 0 aliphatic heterocycles. The molecule has 0 bridgehead atoms. The van der Waals surface area contributed by atoms with E-state index in [9.17, 15) is 4.79 Å². The zero-order chi connectivity index (χ0) is 13.1. The third-order valence-corrected chi connectivity index (χ3v) is 2.54. The quantitative estimate of drug-likeness (QED) is 0.873. The highest BCUT2D eigenvalue weighted by molar-refractivity contribution is 5.77. The van der Waals surface area contributed by atoms with Crippen LogP contribution in [0.2, 0.25) is 0 Å². The van der Waals surface area contributed by atoms with Crippen molar-refractivity contribution in [2.24, 2.45) is 5.41 Å². The zero-order valence-corrected chi connectivity index (χ0v) is 11.4. The first-order valence-electron chi connectivity index (χ1n) is 5.92. The average molecular weight is 234 g/mol. The Morgan fingerprint density at radius 1 is 1.18 bits per heavy atom. The fourth-order valence-corrected chi connectivity index (χ4v) is 1.72. The third kappa shape index (κ3) is 4.55. The summed E-state index contributed by atoms with van der Waals surface area (Å²) in [5.74, 6) is 0.0827. The van der Waals surface area contributed by atoms with E-state index in [0.717, 1.165) is 5.56 Å². The van der Waals surface area contributed by atoms with Gasteiger partial charge in [0, 0.05) is 18.8 Å². The molecule has 0 fully saturated rings. The van der Waals surface area contributed by atoms with Crippen LogP contribution in [0, 0.1) is 5.41 Å². The molecule has 1 rings (SSSR count). The van der Waals surface area contributed by atoms with Crippen molar-refractivity contribution in [3.63, 3.8) is 0 Å². The molecule has 17 heavy (non-hydrogen) atoms. The van der Waals surface area contributed by atoms with Gasteiger partial charge in [-0.3, -0.25) is 9.78 Å². The molecule has 1 heterocycles. The Bertz CT molecular complexity index is 377. The van der Waals surface area contributed by atoms with E-state index < -0.39 is 0 Å². The number of aromatic nitrogens is 1. The second-order valence-electron chi connectivity index (χ2n) is 6.15. The lowest BCUT2D eigenvalue weighted by Crippen LogP contribution is -2.42. The maximum absolute atomic E-state index is 11.9. The fourth-order valence-electron chi connectivity index (χ4n) is 1.72. The first-order valence-corrected chi connectivity index (χ1v) is 5.92. The van der Waals surface area contributed by atoms with E-state index in [2.05, 4.69) is 31.1 Å². The summed E-state index contributed by atoms with van der Waals surface area (Å²) in [6.45, 7) is 10.2. The van der Waals surface area contributed by atoms with E-state index in [1.807, 2.05) is 26.0 Å². The van der Waals surface area contributed by atoms with E-state index in [4.69, 9.17) is 0 Å². The summed E-state index contributed by atoms with van der Waals surface area (Å²) in [5, 5.41) is 3.06. The van der Waals surface area contributed by atoms with Gasteiger partial charge in [-0.15, -0.1) is 0 Å². The van der Waals surface area contributed by atoms with Gasteiger partial charge in [0.05, 0.1) is 5.54 Å². The Morgan fingerprint density at radius 2 is 1.71 bits per heavy atom. The predicted octanol–water partition coefficient (Wildman–Crippen LogP) is 2.87. The van der Waals surface area contributed by atoms with Crippen LogP contribution in [0.1, 0.15) is 46.6 Å². The summed E-state index contributed by atoms with van der Waals surface area (Å²) in [5.41, 5.74) is 0.721. The van der Waals surface area contributed by atoms with Crippen LogP contribution >= 0.6 is 0 Å². The van der Waals surface area contributed by atoms with Crippen molar-refractivity contribution in [1.82, 2.24) is 10.3 Å². The van der Waals surface area contributed by atoms with Gasteiger partial charge < -0.3 is 5.32 Å². The van der Waals surface area contributed by atoms with Crippen molar-refractivity contribution >= 4 is 5.91 Å². The number of rotatable bonds is 3. The molecule has 3 nitrogen and oxygen atoms in total. The number of nitrogens with zero attached hydrogens (tertiary/aromatic N) is 1. The summed E-state index contributed by atoms with van der Waals surface area (Å²) >= 11 is 0. The molecule has 0 saturated carbocycles.